The van der Waals surface area contributed by atoms with E-state index < -0.39 is 0 Å². The fourth-order valence-corrected chi connectivity index (χ4v) is 3.28. The standard InChI is InChI=1S/C15H25N3OS.ClH/c1-16-7-4-13-5-8-18(9-6-13)12-15(19)17-11-14-3-2-10-20-14;/h2-3,10,13,16H,4-9,11-12H2,1H3,(H,17,19);1H. The summed E-state index contributed by atoms with van der Waals surface area (Å²) in [4.78, 5) is 15.4. The molecule has 0 aliphatic carbocycles. The van der Waals surface area contributed by atoms with E-state index in [0.29, 0.717) is 13.1 Å². The number of hydrogen-bond donors (Lipinski definition) is 2. The third kappa shape index (κ3) is 6.78. The first kappa shape index (κ1) is 18.4. The minimum Gasteiger partial charge on any atom is -0.350 e. The average Bonchev–Trinajstić information content (AvgIpc) is 2.98. The van der Waals surface area contributed by atoms with Crippen LogP contribution in [0.5, 0.6) is 0 Å². The van der Waals surface area contributed by atoms with Crippen LogP contribution in [0, 0.1) is 5.92 Å². The Bertz CT molecular complexity index is 392. The molecule has 0 saturated carbocycles. The van der Waals surface area contributed by atoms with Crippen LogP contribution in [0.4, 0.5) is 0 Å². The second kappa shape index (κ2) is 10.2. The number of thiophene rings is 1. The highest BCUT2D eigenvalue weighted by Gasteiger charge is 2.20. The Hall–Kier alpha value is -0.620. The van der Waals surface area contributed by atoms with Crippen LogP contribution >= 0.6 is 23.7 Å². The first-order valence-corrected chi connectivity index (χ1v) is 8.32. The molecule has 1 aromatic heterocycles. The fraction of sp³-hybridized carbons (Fsp3) is 0.667. The second-order valence-electron chi connectivity index (χ2n) is 5.47. The van der Waals surface area contributed by atoms with E-state index in [1.807, 2.05) is 18.5 Å². The lowest BCUT2D eigenvalue weighted by atomic mass is 9.93. The number of likely N-dealkylation sites (tertiary alicyclic amines) is 1. The van der Waals surface area contributed by atoms with Crippen molar-refractivity contribution in [2.75, 3.05) is 33.2 Å². The first-order chi connectivity index (χ1) is 9.78. The van der Waals surface area contributed by atoms with Crippen LogP contribution in [-0.4, -0.2) is 44.0 Å². The molecule has 21 heavy (non-hydrogen) atoms. The van der Waals surface area contributed by atoms with Gasteiger partial charge in [-0.3, -0.25) is 9.69 Å². The van der Waals surface area contributed by atoms with Crippen LogP contribution in [-0.2, 0) is 11.3 Å². The fourth-order valence-electron chi connectivity index (χ4n) is 2.64. The third-order valence-corrected chi connectivity index (χ3v) is 4.79. The molecule has 4 nitrogen and oxygen atoms in total. The minimum absolute atomic E-state index is 0. The Kier molecular flexibility index (Phi) is 8.92. The molecule has 1 aliphatic heterocycles. The molecular weight excluding hydrogens is 306 g/mol. The summed E-state index contributed by atoms with van der Waals surface area (Å²) in [6.07, 6.45) is 3.70. The summed E-state index contributed by atoms with van der Waals surface area (Å²) >= 11 is 1.68. The minimum atomic E-state index is 0. The Morgan fingerprint density at radius 1 is 1.43 bits per heavy atom. The predicted octanol–water partition coefficient (Wildman–Crippen LogP) is 2.11. The number of carbonyl (C=O) groups excluding carboxylic acids is 1. The van der Waals surface area contributed by atoms with E-state index in [1.165, 1.54) is 24.1 Å². The number of nitrogens with one attached hydrogen (secondary N) is 2. The second-order valence-corrected chi connectivity index (χ2v) is 6.50. The van der Waals surface area contributed by atoms with Gasteiger partial charge in [-0.05, 0) is 63.3 Å². The highest BCUT2D eigenvalue weighted by molar-refractivity contribution is 7.09. The molecule has 0 radical (unpaired) electrons. The Morgan fingerprint density at radius 2 is 2.19 bits per heavy atom. The van der Waals surface area contributed by atoms with Gasteiger partial charge in [0.2, 0.25) is 5.91 Å². The topological polar surface area (TPSA) is 44.4 Å². The Morgan fingerprint density at radius 3 is 2.81 bits per heavy atom. The van der Waals surface area contributed by atoms with Crippen molar-refractivity contribution in [3.8, 4) is 0 Å². The van der Waals surface area contributed by atoms with E-state index in [0.717, 1.165) is 25.6 Å². The molecule has 0 unspecified atom stereocenters. The van der Waals surface area contributed by atoms with Crippen molar-refractivity contribution in [3.63, 3.8) is 0 Å². The van der Waals surface area contributed by atoms with Crippen molar-refractivity contribution < 1.29 is 4.79 Å². The summed E-state index contributed by atoms with van der Waals surface area (Å²) in [5.41, 5.74) is 0. The number of hydrogen-bond acceptors (Lipinski definition) is 4. The molecule has 6 heteroatoms. The van der Waals surface area contributed by atoms with Crippen molar-refractivity contribution in [1.82, 2.24) is 15.5 Å². The molecular formula is C15H26ClN3OS. The van der Waals surface area contributed by atoms with Crippen LogP contribution in [0.15, 0.2) is 17.5 Å². The van der Waals surface area contributed by atoms with Crippen molar-refractivity contribution in [2.24, 2.45) is 5.92 Å². The van der Waals surface area contributed by atoms with Gasteiger partial charge in [0.15, 0.2) is 0 Å². The number of amides is 1. The predicted molar refractivity (Wildman–Crippen MR) is 91.1 cm³/mol. The molecule has 0 atom stereocenters. The van der Waals surface area contributed by atoms with Gasteiger partial charge in [0.05, 0.1) is 13.1 Å². The maximum absolute atomic E-state index is 11.9. The molecule has 1 aromatic rings. The summed E-state index contributed by atoms with van der Waals surface area (Å²) in [5.74, 6) is 0.972. The molecule has 1 aliphatic rings. The SMILES string of the molecule is CNCCC1CCN(CC(=O)NCc2cccs2)CC1.Cl. The molecule has 0 spiro atoms. The van der Waals surface area contributed by atoms with Gasteiger partial charge in [0, 0.05) is 4.88 Å². The van der Waals surface area contributed by atoms with E-state index >= 15 is 0 Å². The summed E-state index contributed by atoms with van der Waals surface area (Å²) in [6, 6.07) is 4.07. The normalized spacial score (nSPS) is 16.4. The molecule has 1 amide bonds. The molecule has 2 N–H and O–H groups in total. The summed E-state index contributed by atoms with van der Waals surface area (Å²) in [7, 11) is 2.01. The lowest BCUT2D eigenvalue weighted by molar-refractivity contribution is -0.122. The van der Waals surface area contributed by atoms with Gasteiger partial charge in [-0.15, -0.1) is 23.7 Å². The molecule has 1 fully saturated rings. The van der Waals surface area contributed by atoms with Gasteiger partial charge in [0.25, 0.3) is 0 Å². The van der Waals surface area contributed by atoms with Gasteiger partial charge in [-0.2, -0.15) is 0 Å². The number of piperidine rings is 1. The third-order valence-electron chi connectivity index (χ3n) is 3.92. The number of carbonyl (C=O) groups is 1. The van der Waals surface area contributed by atoms with Crippen LogP contribution in [0.1, 0.15) is 24.1 Å². The maximum Gasteiger partial charge on any atom is 0.234 e. The lowest BCUT2D eigenvalue weighted by Gasteiger charge is -2.31. The molecule has 120 valence electrons. The number of nitrogens with zero attached hydrogens (tertiary/aromatic N) is 1. The smallest absolute Gasteiger partial charge is 0.234 e. The van der Waals surface area contributed by atoms with Crippen LogP contribution in [0.25, 0.3) is 0 Å². The van der Waals surface area contributed by atoms with Gasteiger partial charge in [-0.1, -0.05) is 6.07 Å². The van der Waals surface area contributed by atoms with Gasteiger partial charge >= 0.3 is 0 Å². The highest BCUT2D eigenvalue weighted by atomic mass is 35.5. The zero-order valence-electron chi connectivity index (χ0n) is 12.6. The molecule has 2 rings (SSSR count). The van der Waals surface area contributed by atoms with E-state index in [9.17, 15) is 4.79 Å². The van der Waals surface area contributed by atoms with Gasteiger partial charge in [-0.25, -0.2) is 0 Å². The number of halogens is 1. The lowest BCUT2D eigenvalue weighted by Crippen LogP contribution is -2.41. The van der Waals surface area contributed by atoms with Crippen molar-refractivity contribution in [2.45, 2.75) is 25.8 Å². The molecule has 0 aromatic carbocycles. The first-order valence-electron chi connectivity index (χ1n) is 7.44. The Balaban J connectivity index is 0.00000220. The largest absolute Gasteiger partial charge is 0.350 e. The van der Waals surface area contributed by atoms with Crippen LogP contribution < -0.4 is 10.6 Å². The zero-order chi connectivity index (χ0) is 14.2. The van der Waals surface area contributed by atoms with E-state index in [1.54, 1.807) is 11.3 Å². The van der Waals surface area contributed by atoms with Crippen molar-refractivity contribution in [3.05, 3.63) is 22.4 Å². The zero-order valence-corrected chi connectivity index (χ0v) is 14.3. The van der Waals surface area contributed by atoms with Crippen LogP contribution in [0.3, 0.4) is 0 Å². The molecule has 0 bridgehead atoms. The maximum atomic E-state index is 11.9. The number of rotatable bonds is 7. The molecule has 1 saturated heterocycles. The van der Waals surface area contributed by atoms with Crippen LogP contribution in [0.2, 0.25) is 0 Å². The van der Waals surface area contributed by atoms with Crippen molar-refractivity contribution >= 4 is 29.7 Å². The average molecular weight is 332 g/mol. The summed E-state index contributed by atoms with van der Waals surface area (Å²) < 4.78 is 0. The quantitative estimate of drug-likeness (QED) is 0.804. The Labute approximate surface area is 137 Å². The molecule has 2 heterocycles. The van der Waals surface area contributed by atoms with E-state index in [4.69, 9.17) is 0 Å². The summed E-state index contributed by atoms with van der Waals surface area (Å²) in [5, 5.41) is 8.25. The highest BCUT2D eigenvalue weighted by Crippen LogP contribution is 2.19. The monoisotopic (exact) mass is 331 g/mol. The van der Waals surface area contributed by atoms with Crippen molar-refractivity contribution in [1.29, 1.82) is 0 Å². The van der Waals surface area contributed by atoms with Gasteiger partial charge < -0.3 is 10.6 Å². The van der Waals surface area contributed by atoms with Gasteiger partial charge in [0.1, 0.15) is 0 Å². The van der Waals surface area contributed by atoms with E-state index in [2.05, 4.69) is 21.6 Å². The summed E-state index contributed by atoms with van der Waals surface area (Å²) in [6.45, 7) is 4.42. The van der Waals surface area contributed by atoms with E-state index in [-0.39, 0.29) is 18.3 Å².